The van der Waals surface area contributed by atoms with E-state index in [0.29, 0.717) is 0 Å². The van der Waals surface area contributed by atoms with E-state index in [4.69, 9.17) is 34.8 Å². The van der Waals surface area contributed by atoms with Gasteiger partial charge in [-0.2, -0.15) is 0 Å². The molecule has 0 aliphatic carbocycles. The summed E-state index contributed by atoms with van der Waals surface area (Å²) in [6.45, 7) is 3.83. The summed E-state index contributed by atoms with van der Waals surface area (Å²) < 4.78 is -1.15. The minimum Gasteiger partial charge on any atom is -0.0889 e. The highest BCUT2D eigenvalue weighted by atomic mass is 79.9. The zero-order chi connectivity index (χ0) is 7.65. The minimum absolute atomic E-state index is 0.0301. The van der Waals surface area contributed by atoms with Crippen LogP contribution >= 0.6 is 50.7 Å². The van der Waals surface area contributed by atoms with E-state index in [0.717, 1.165) is 0 Å². The van der Waals surface area contributed by atoms with Gasteiger partial charge in [-0.25, -0.2) is 0 Å². The molecule has 0 radical (unpaired) electrons. The van der Waals surface area contributed by atoms with Gasteiger partial charge >= 0.3 is 0 Å². The van der Waals surface area contributed by atoms with Crippen molar-refractivity contribution in [2.75, 3.05) is 0 Å². The van der Waals surface area contributed by atoms with Gasteiger partial charge in [-0.15, -0.1) is 0 Å². The third-order valence-corrected chi connectivity index (χ3v) is 3.03. The Kier molecular flexibility index (Phi) is 4.21. The highest BCUT2D eigenvalue weighted by molar-refractivity contribution is 9.09. The fourth-order valence-corrected chi connectivity index (χ4v) is 1.68. The van der Waals surface area contributed by atoms with Gasteiger partial charge in [0.1, 0.15) is 0 Å². The fourth-order valence-electron chi connectivity index (χ4n) is 0.260. The van der Waals surface area contributed by atoms with Crippen LogP contribution in [-0.4, -0.2) is 8.62 Å². The second kappa shape index (κ2) is 3.66. The van der Waals surface area contributed by atoms with Crippen LogP contribution in [0.2, 0.25) is 0 Å². The van der Waals surface area contributed by atoms with E-state index in [-0.39, 0.29) is 10.7 Å². The third-order valence-electron chi connectivity index (χ3n) is 1.21. The smallest absolute Gasteiger partial charge is 0.0889 e. The molecule has 0 aromatic heterocycles. The molecular weight excluding hydrogens is 246 g/mol. The summed E-state index contributed by atoms with van der Waals surface area (Å²) in [5.74, 6) is 0.0301. The van der Waals surface area contributed by atoms with E-state index >= 15 is 0 Å². The van der Waals surface area contributed by atoms with E-state index in [1.807, 2.05) is 13.8 Å². The molecule has 0 rings (SSSR count). The van der Waals surface area contributed by atoms with Crippen molar-refractivity contribution in [2.24, 2.45) is 5.92 Å². The Labute approximate surface area is 79.0 Å². The molecule has 0 bridgehead atoms. The van der Waals surface area contributed by atoms with Crippen LogP contribution in [0, 0.1) is 5.92 Å². The van der Waals surface area contributed by atoms with Gasteiger partial charge in [-0.3, -0.25) is 0 Å². The molecule has 9 heavy (non-hydrogen) atoms. The van der Waals surface area contributed by atoms with Gasteiger partial charge in [-0.05, 0) is 0 Å². The molecule has 56 valence electrons. The zero-order valence-electron chi connectivity index (χ0n) is 5.17. The molecule has 0 aromatic carbocycles. The first kappa shape index (κ1) is 10.3. The first-order valence-electron chi connectivity index (χ1n) is 2.56. The van der Waals surface area contributed by atoms with Crippen molar-refractivity contribution in [1.29, 1.82) is 0 Å². The molecule has 0 fully saturated rings. The lowest BCUT2D eigenvalue weighted by Gasteiger charge is -2.21. The molecule has 0 nitrogen and oxygen atoms in total. The van der Waals surface area contributed by atoms with Gasteiger partial charge in [0.05, 0.1) is 0 Å². The number of alkyl halides is 4. The molecule has 4 heteroatoms. The van der Waals surface area contributed by atoms with Crippen molar-refractivity contribution in [1.82, 2.24) is 0 Å². The molecule has 0 saturated carbocycles. The van der Waals surface area contributed by atoms with Crippen LogP contribution in [0.5, 0.6) is 0 Å². The number of hydrogen-bond donors (Lipinski definition) is 0. The lowest BCUT2D eigenvalue weighted by Crippen LogP contribution is -2.22. The van der Waals surface area contributed by atoms with Crippen molar-refractivity contribution in [3.63, 3.8) is 0 Å². The van der Waals surface area contributed by atoms with Crippen molar-refractivity contribution in [3.8, 4) is 0 Å². The first-order valence-corrected chi connectivity index (χ1v) is 4.61. The Morgan fingerprint density at radius 2 is 1.56 bits per heavy atom. The molecule has 0 aliphatic rings. The van der Waals surface area contributed by atoms with E-state index in [1.54, 1.807) is 0 Å². The van der Waals surface area contributed by atoms with E-state index in [1.165, 1.54) is 0 Å². The summed E-state index contributed by atoms with van der Waals surface area (Å²) >= 11 is 20.1. The molecule has 0 amide bonds. The maximum atomic E-state index is 5.58. The van der Waals surface area contributed by atoms with Gasteiger partial charge in [0.25, 0.3) is 0 Å². The quantitative estimate of drug-likeness (QED) is 0.625. The normalized spacial score (nSPS) is 19.3. The van der Waals surface area contributed by atoms with Crippen molar-refractivity contribution in [2.45, 2.75) is 22.5 Å². The molecule has 2 atom stereocenters. The van der Waals surface area contributed by atoms with Crippen LogP contribution in [-0.2, 0) is 0 Å². The topological polar surface area (TPSA) is 0 Å². The van der Waals surface area contributed by atoms with Crippen LogP contribution in [0.3, 0.4) is 0 Å². The molecular formula is C5H8BrCl3. The summed E-state index contributed by atoms with van der Waals surface area (Å²) in [5, 5.41) is 0. The third kappa shape index (κ3) is 3.92. The van der Waals surface area contributed by atoms with Crippen LogP contribution in [0.4, 0.5) is 0 Å². The lowest BCUT2D eigenvalue weighted by molar-refractivity contribution is 0.598. The number of halogens is 4. The van der Waals surface area contributed by atoms with Crippen LogP contribution in [0.15, 0.2) is 0 Å². The average Bonchev–Trinajstić information content (AvgIpc) is 1.62. The average molecular weight is 254 g/mol. The largest absolute Gasteiger partial charge is 0.194 e. The van der Waals surface area contributed by atoms with Gasteiger partial charge < -0.3 is 0 Å². The van der Waals surface area contributed by atoms with Crippen molar-refractivity contribution >= 4 is 50.7 Å². The second-order valence-corrected chi connectivity index (χ2v) is 5.82. The van der Waals surface area contributed by atoms with Crippen LogP contribution in [0.1, 0.15) is 13.8 Å². The molecule has 0 spiro atoms. The summed E-state index contributed by atoms with van der Waals surface area (Å²) in [4.78, 5) is 0.227. The van der Waals surface area contributed by atoms with Crippen molar-refractivity contribution < 1.29 is 0 Å². The van der Waals surface area contributed by atoms with E-state index in [9.17, 15) is 0 Å². The SMILES string of the molecule is CC(Br)C(C)C(Cl)(Cl)Cl. The maximum absolute atomic E-state index is 5.58. The number of rotatable bonds is 1. The second-order valence-electron chi connectivity index (χ2n) is 2.01. The predicted octanol–water partition coefficient (Wildman–Crippen LogP) is 3.78. The highest BCUT2D eigenvalue weighted by Crippen LogP contribution is 2.38. The molecule has 0 saturated heterocycles. The molecule has 0 heterocycles. The van der Waals surface area contributed by atoms with E-state index in [2.05, 4.69) is 15.9 Å². The number of hydrogen-bond acceptors (Lipinski definition) is 0. The minimum atomic E-state index is -1.15. The van der Waals surface area contributed by atoms with Crippen LogP contribution < -0.4 is 0 Å². The fraction of sp³-hybridized carbons (Fsp3) is 1.00. The summed E-state index contributed by atoms with van der Waals surface area (Å²) in [5.41, 5.74) is 0. The van der Waals surface area contributed by atoms with Gasteiger partial charge in [-0.1, -0.05) is 64.6 Å². The standard InChI is InChI=1S/C5H8BrCl3/c1-3(4(2)6)5(7,8)9/h3-4H,1-2H3. The molecule has 2 unspecified atom stereocenters. The highest BCUT2D eigenvalue weighted by Gasteiger charge is 2.31. The van der Waals surface area contributed by atoms with Crippen LogP contribution in [0.25, 0.3) is 0 Å². The van der Waals surface area contributed by atoms with Gasteiger partial charge in [0.15, 0.2) is 3.79 Å². The Bertz CT molecular complexity index is 86.7. The first-order chi connectivity index (χ1) is 3.85. The molecule has 0 N–H and O–H groups in total. The Morgan fingerprint density at radius 3 is 1.56 bits per heavy atom. The lowest BCUT2D eigenvalue weighted by atomic mass is 10.1. The Morgan fingerprint density at radius 1 is 1.22 bits per heavy atom. The Balaban J connectivity index is 3.88. The van der Waals surface area contributed by atoms with Crippen molar-refractivity contribution in [3.05, 3.63) is 0 Å². The zero-order valence-corrected chi connectivity index (χ0v) is 9.02. The Hall–Kier alpha value is 1.35. The van der Waals surface area contributed by atoms with Gasteiger partial charge in [0.2, 0.25) is 0 Å². The predicted molar refractivity (Wildman–Crippen MR) is 47.8 cm³/mol. The summed E-state index contributed by atoms with van der Waals surface area (Å²) in [6.07, 6.45) is 0. The monoisotopic (exact) mass is 252 g/mol. The summed E-state index contributed by atoms with van der Waals surface area (Å²) in [7, 11) is 0. The van der Waals surface area contributed by atoms with E-state index < -0.39 is 3.79 Å². The van der Waals surface area contributed by atoms with Gasteiger partial charge in [0, 0.05) is 10.7 Å². The molecule has 0 aliphatic heterocycles. The molecule has 0 aromatic rings. The maximum Gasteiger partial charge on any atom is 0.194 e. The summed E-state index contributed by atoms with van der Waals surface area (Å²) in [6, 6.07) is 0.